The zero-order valence-corrected chi connectivity index (χ0v) is 18.3. The van der Waals surface area contributed by atoms with E-state index in [1.54, 1.807) is 24.3 Å². The lowest BCUT2D eigenvalue weighted by molar-refractivity contribution is 0.101. The first-order valence-electron chi connectivity index (χ1n) is 10.5. The Morgan fingerprint density at radius 3 is 2.45 bits per heavy atom. The van der Waals surface area contributed by atoms with E-state index in [9.17, 15) is 19.1 Å². The fourth-order valence-corrected chi connectivity index (χ4v) is 3.69. The number of aliphatic hydroxyl groups is 1. The van der Waals surface area contributed by atoms with Gasteiger partial charge in [-0.2, -0.15) is 0 Å². The Labute approximate surface area is 195 Å². The lowest BCUT2D eigenvalue weighted by Gasteiger charge is -2.30. The molecule has 170 valence electrons. The maximum atomic E-state index is 13.4. The predicted octanol–water partition coefficient (Wildman–Crippen LogP) is 4.34. The van der Waals surface area contributed by atoms with Gasteiger partial charge in [-0.1, -0.05) is 17.7 Å². The van der Waals surface area contributed by atoms with Gasteiger partial charge in [-0.3, -0.25) is 9.59 Å². The van der Waals surface area contributed by atoms with Crippen LogP contribution in [0.2, 0.25) is 5.02 Å². The smallest absolute Gasteiger partial charge is 0.257 e. The highest BCUT2D eigenvalue weighted by atomic mass is 35.5. The number of hydrogen-bond acceptors (Lipinski definition) is 5. The minimum absolute atomic E-state index is 0.148. The van der Waals surface area contributed by atoms with Gasteiger partial charge in [-0.15, -0.1) is 0 Å². The quantitative estimate of drug-likeness (QED) is 0.518. The van der Waals surface area contributed by atoms with Crippen molar-refractivity contribution in [1.29, 1.82) is 0 Å². The van der Waals surface area contributed by atoms with E-state index >= 15 is 0 Å². The van der Waals surface area contributed by atoms with E-state index in [4.69, 9.17) is 11.6 Å². The van der Waals surface area contributed by atoms with Gasteiger partial charge in [0.2, 0.25) is 0 Å². The summed E-state index contributed by atoms with van der Waals surface area (Å²) in [6.45, 7) is 1.43. The number of hydrogen-bond donors (Lipinski definition) is 3. The van der Waals surface area contributed by atoms with Crippen LogP contribution in [0.5, 0.6) is 0 Å². The summed E-state index contributed by atoms with van der Waals surface area (Å²) in [6.07, 6.45) is 2.62. The molecule has 1 aliphatic rings. The number of benzene rings is 2. The zero-order valence-electron chi connectivity index (χ0n) is 17.6. The monoisotopic (exact) mass is 468 g/mol. The van der Waals surface area contributed by atoms with Crippen LogP contribution in [0.1, 0.15) is 33.6 Å². The molecular weight excluding hydrogens is 447 g/mol. The van der Waals surface area contributed by atoms with Crippen molar-refractivity contribution >= 4 is 40.6 Å². The summed E-state index contributed by atoms with van der Waals surface area (Å²) in [6, 6.07) is 13.4. The molecule has 2 heterocycles. The van der Waals surface area contributed by atoms with Gasteiger partial charge in [0.1, 0.15) is 11.6 Å². The van der Waals surface area contributed by atoms with Gasteiger partial charge in [0.15, 0.2) is 0 Å². The van der Waals surface area contributed by atoms with Crippen LogP contribution in [-0.2, 0) is 0 Å². The number of aromatic nitrogens is 1. The lowest BCUT2D eigenvalue weighted by Crippen LogP contribution is -2.36. The molecule has 0 unspecified atom stereocenters. The van der Waals surface area contributed by atoms with Crippen molar-refractivity contribution in [2.24, 2.45) is 0 Å². The van der Waals surface area contributed by atoms with Crippen LogP contribution < -0.4 is 15.5 Å². The maximum absolute atomic E-state index is 13.4. The fraction of sp³-hybridized carbons (Fsp3) is 0.208. The van der Waals surface area contributed by atoms with Gasteiger partial charge >= 0.3 is 0 Å². The molecule has 2 aromatic carbocycles. The van der Waals surface area contributed by atoms with Crippen molar-refractivity contribution in [3.05, 3.63) is 82.8 Å². The van der Waals surface area contributed by atoms with E-state index in [2.05, 4.69) is 20.5 Å². The molecule has 4 rings (SSSR count). The molecule has 0 saturated carbocycles. The predicted molar refractivity (Wildman–Crippen MR) is 125 cm³/mol. The Kier molecular flexibility index (Phi) is 6.86. The summed E-state index contributed by atoms with van der Waals surface area (Å²) in [5, 5.41) is 15.3. The first-order chi connectivity index (χ1) is 15.9. The van der Waals surface area contributed by atoms with Crippen molar-refractivity contribution in [2.75, 3.05) is 28.6 Å². The Balaban J connectivity index is 1.42. The number of anilines is 3. The molecule has 3 aromatic rings. The third kappa shape index (κ3) is 5.66. The Hall–Kier alpha value is -3.49. The van der Waals surface area contributed by atoms with Crippen LogP contribution in [0, 0.1) is 5.82 Å². The summed E-state index contributed by atoms with van der Waals surface area (Å²) in [4.78, 5) is 31.5. The van der Waals surface area contributed by atoms with E-state index in [0.29, 0.717) is 37.2 Å². The Bertz CT molecular complexity index is 1160. The summed E-state index contributed by atoms with van der Waals surface area (Å²) < 4.78 is 13.4. The second-order valence-electron chi connectivity index (χ2n) is 7.74. The van der Waals surface area contributed by atoms with E-state index in [1.165, 1.54) is 30.5 Å². The van der Waals surface area contributed by atoms with Crippen LogP contribution in [0.3, 0.4) is 0 Å². The first-order valence-corrected chi connectivity index (χ1v) is 10.8. The summed E-state index contributed by atoms with van der Waals surface area (Å²) in [7, 11) is 0. The fourth-order valence-electron chi connectivity index (χ4n) is 3.53. The van der Waals surface area contributed by atoms with Crippen molar-refractivity contribution in [3.8, 4) is 0 Å². The highest BCUT2D eigenvalue weighted by Crippen LogP contribution is 2.27. The van der Waals surface area contributed by atoms with Crippen molar-refractivity contribution < 1.29 is 19.1 Å². The SMILES string of the molecule is O=C(Nc1ccc(Cl)c(NC(=O)c2cccc(F)c2)c1)c1ccc(N2CCC(O)CC2)nc1. The zero-order chi connectivity index (χ0) is 23.4. The number of amides is 2. The molecule has 0 aliphatic carbocycles. The van der Waals surface area contributed by atoms with Crippen LogP contribution in [0.4, 0.5) is 21.6 Å². The minimum atomic E-state index is -0.523. The van der Waals surface area contributed by atoms with E-state index in [-0.39, 0.29) is 28.3 Å². The normalized spacial score (nSPS) is 14.1. The van der Waals surface area contributed by atoms with Gasteiger partial charge in [0.05, 0.1) is 22.4 Å². The van der Waals surface area contributed by atoms with Crippen molar-refractivity contribution in [2.45, 2.75) is 18.9 Å². The summed E-state index contributed by atoms with van der Waals surface area (Å²) >= 11 is 6.18. The molecule has 2 amide bonds. The topological polar surface area (TPSA) is 94.6 Å². The molecule has 9 heteroatoms. The van der Waals surface area contributed by atoms with Crippen LogP contribution in [0.25, 0.3) is 0 Å². The highest BCUT2D eigenvalue weighted by molar-refractivity contribution is 6.34. The number of rotatable bonds is 5. The van der Waals surface area contributed by atoms with E-state index < -0.39 is 11.7 Å². The number of nitrogens with one attached hydrogen (secondary N) is 2. The molecule has 0 spiro atoms. The molecule has 0 atom stereocenters. The molecule has 1 saturated heterocycles. The number of piperidine rings is 1. The number of nitrogens with zero attached hydrogens (tertiary/aromatic N) is 2. The molecule has 1 aromatic heterocycles. The van der Waals surface area contributed by atoms with Crippen LogP contribution in [-0.4, -0.2) is 41.1 Å². The van der Waals surface area contributed by atoms with E-state index in [1.807, 2.05) is 0 Å². The number of carbonyl (C=O) groups is 2. The van der Waals surface area contributed by atoms with Gasteiger partial charge in [0, 0.05) is 30.5 Å². The third-order valence-electron chi connectivity index (χ3n) is 5.36. The largest absolute Gasteiger partial charge is 0.393 e. The van der Waals surface area contributed by atoms with Gasteiger partial charge < -0.3 is 20.6 Å². The summed E-state index contributed by atoms with van der Waals surface area (Å²) in [5.74, 6) is -0.655. The van der Waals surface area contributed by atoms with Crippen molar-refractivity contribution in [1.82, 2.24) is 4.98 Å². The number of halogens is 2. The molecule has 1 aliphatic heterocycles. The van der Waals surface area contributed by atoms with E-state index in [0.717, 1.165) is 11.9 Å². The van der Waals surface area contributed by atoms with Gasteiger partial charge in [0.25, 0.3) is 11.8 Å². The molecular formula is C24H22ClFN4O3. The summed E-state index contributed by atoms with van der Waals surface area (Å²) in [5.41, 5.74) is 1.23. The van der Waals surface area contributed by atoms with Crippen LogP contribution >= 0.6 is 11.6 Å². The molecule has 0 radical (unpaired) electrons. The lowest BCUT2D eigenvalue weighted by atomic mass is 10.1. The number of pyridine rings is 1. The second-order valence-corrected chi connectivity index (χ2v) is 8.14. The van der Waals surface area contributed by atoms with Crippen molar-refractivity contribution in [3.63, 3.8) is 0 Å². The van der Waals surface area contributed by atoms with Crippen LogP contribution in [0.15, 0.2) is 60.8 Å². The van der Waals surface area contributed by atoms with Gasteiger partial charge in [-0.05, 0) is 61.4 Å². The second kappa shape index (κ2) is 9.97. The molecule has 0 bridgehead atoms. The minimum Gasteiger partial charge on any atom is -0.393 e. The average Bonchev–Trinajstić information content (AvgIpc) is 2.82. The molecule has 33 heavy (non-hydrogen) atoms. The number of aliphatic hydroxyl groups excluding tert-OH is 1. The Morgan fingerprint density at radius 1 is 1.00 bits per heavy atom. The molecule has 3 N–H and O–H groups in total. The molecule has 7 nitrogen and oxygen atoms in total. The number of carbonyl (C=O) groups excluding carboxylic acids is 2. The standard InChI is InChI=1S/C24H22ClFN4O3/c25-20-6-5-18(13-21(20)29-23(32)15-2-1-3-17(26)12-15)28-24(33)16-4-7-22(27-14-16)30-10-8-19(31)9-11-30/h1-7,12-14,19,31H,8-11H2,(H,28,33)(H,29,32). The van der Waals surface area contributed by atoms with Gasteiger partial charge in [-0.25, -0.2) is 9.37 Å². The Morgan fingerprint density at radius 2 is 1.76 bits per heavy atom. The first kappa shape index (κ1) is 22.7. The maximum Gasteiger partial charge on any atom is 0.257 e. The average molecular weight is 469 g/mol. The molecule has 1 fully saturated rings. The highest BCUT2D eigenvalue weighted by Gasteiger charge is 2.18. The third-order valence-corrected chi connectivity index (χ3v) is 5.69.